The average molecular weight is 354 g/mol. The molecule has 1 aromatic rings. The Morgan fingerprint density at radius 1 is 1.42 bits per heavy atom. The lowest BCUT2D eigenvalue weighted by Crippen LogP contribution is -2.50. The lowest BCUT2D eigenvalue weighted by atomic mass is 10.1. The number of nitrogens with one attached hydrogen (secondary N) is 1. The van der Waals surface area contributed by atoms with Crippen LogP contribution in [0.5, 0.6) is 5.75 Å². The Labute approximate surface area is 143 Å². The van der Waals surface area contributed by atoms with E-state index < -0.39 is 10.0 Å². The molecule has 1 heterocycles. The Bertz CT molecular complexity index is 676. The molecule has 1 unspecified atom stereocenters. The summed E-state index contributed by atoms with van der Waals surface area (Å²) in [5.74, 6) is 1.07. The number of hydrogen-bond acceptors (Lipinski definition) is 4. The summed E-state index contributed by atoms with van der Waals surface area (Å²) < 4.78 is 30.5. The fourth-order valence-electron chi connectivity index (χ4n) is 2.90. The van der Waals surface area contributed by atoms with Gasteiger partial charge in [0.1, 0.15) is 5.75 Å². The number of nitrogens with two attached hydrogens (primary N) is 1. The molecule has 3 N–H and O–H groups in total. The van der Waals surface area contributed by atoms with Gasteiger partial charge in [0.25, 0.3) is 0 Å². The first-order valence-corrected chi connectivity index (χ1v) is 9.89. The van der Waals surface area contributed by atoms with Crippen molar-refractivity contribution in [1.29, 1.82) is 0 Å². The predicted molar refractivity (Wildman–Crippen MR) is 95.5 cm³/mol. The van der Waals surface area contributed by atoms with E-state index in [0.717, 1.165) is 30.6 Å². The van der Waals surface area contributed by atoms with E-state index in [1.54, 1.807) is 11.4 Å². The van der Waals surface area contributed by atoms with Crippen molar-refractivity contribution in [2.75, 3.05) is 26.5 Å². The molecule has 0 aliphatic carbocycles. The highest BCUT2D eigenvalue weighted by Gasteiger charge is 2.29. The quantitative estimate of drug-likeness (QED) is 0.585. The maximum atomic E-state index is 11.8. The van der Waals surface area contributed by atoms with Gasteiger partial charge < -0.3 is 15.8 Å². The van der Waals surface area contributed by atoms with Crippen molar-refractivity contribution in [2.24, 2.45) is 10.7 Å². The van der Waals surface area contributed by atoms with Gasteiger partial charge in [-0.2, -0.15) is 4.31 Å². The third-order valence-electron chi connectivity index (χ3n) is 4.13. The molecule has 2 rings (SSSR count). The largest absolute Gasteiger partial charge is 0.496 e. The van der Waals surface area contributed by atoms with Crippen LogP contribution >= 0.6 is 0 Å². The second-order valence-corrected chi connectivity index (χ2v) is 7.85. The Morgan fingerprint density at radius 3 is 2.88 bits per heavy atom. The Hall–Kier alpha value is -1.80. The molecule has 1 fully saturated rings. The van der Waals surface area contributed by atoms with E-state index in [9.17, 15) is 8.42 Å². The number of piperidine rings is 1. The molecule has 0 saturated carbocycles. The minimum atomic E-state index is -3.19. The van der Waals surface area contributed by atoms with Crippen LogP contribution in [0.4, 0.5) is 0 Å². The van der Waals surface area contributed by atoms with E-state index >= 15 is 0 Å². The van der Waals surface area contributed by atoms with Crippen LogP contribution in [-0.2, 0) is 16.6 Å². The molecular formula is C16H26N4O3S. The summed E-state index contributed by atoms with van der Waals surface area (Å²) in [5.41, 5.74) is 6.86. The first-order valence-electron chi connectivity index (χ1n) is 8.04. The molecule has 1 aliphatic heterocycles. The van der Waals surface area contributed by atoms with Crippen molar-refractivity contribution in [2.45, 2.75) is 31.8 Å². The standard InChI is InChI=1S/C16H26N4O3S/c1-23-15-9-4-3-7-13(15)11-18-16(17)19-12-14-8-5-6-10-20(14)24(2,21)22/h3-4,7,9,14H,5-6,8,10-12H2,1-2H3,(H3,17,18,19). The zero-order chi connectivity index (χ0) is 17.6. The summed E-state index contributed by atoms with van der Waals surface area (Å²) in [6.07, 6.45) is 4.02. The van der Waals surface area contributed by atoms with Crippen LogP contribution in [0, 0.1) is 0 Å². The van der Waals surface area contributed by atoms with Crippen molar-refractivity contribution in [1.82, 2.24) is 9.62 Å². The number of nitrogens with zero attached hydrogens (tertiary/aromatic N) is 2. The Morgan fingerprint density at radius 2 is 2.17 bits per heavy atom. The molecule has 1 aromatic carbocycles. The summed E-state index contributed by atoms with van der Waals surface area (Å²) in [5, 5.41) is 3.04. The number of guanidine groups is 1. The fraction of sp³-hybridized carbons (Fsp3) is 0.562. The predicted octanol–water partition coefficient (Wildman–Crippen LogP) is 0.914. The topological polar surface area (TPSA) is 97.0 Å². The van der Waals surface area contributed by atoms with Gasteiger partial charge >= 0.3 is 0 Å². The maximum absolute atomic E-state index is 11.8. The molecule has 1 aliphatic rings. The Kier molecular flexibility index (Phi) is 6.44. The van der Waals surface area contributed by atoms with Gasteiger partial charge in [-0.25, -0.2) is 13.4 Å². The van der Waals surface area contributed by atoms with Gasteiger partial charge in [-0.1, -0.05) is 24.6 Å². The molecule has 24 heavy (non-hydrogen) atoms. The summed E-state index contributed by atoms with van der Waals surface area (Å²) in [7, 11) is -1.57. The van der Waals surface area contributed by atoms with Gasteiger partial charge in [0.15, 0.2) is 5.96 Å². The van der Waals surface area contributed by atoms with Gasteiger partial charge in [-0.05, 0) is 18.9 Å². The van der Waals surface area contributed by atoms with E-state index in [4.69, 9.17) is 10.5 Å². The molecule has 1 saturated heterocycles. The smallest absolute Gasteiger partial charge is 0.211 e. The van der Waals surface area contributed by atoms with Crippen LogP contribution < -0.4 is 15.8 Å². The van der Waals surface area contributed by atoms with Crippen LogP contribution in [0.2, 0.25) is 0 Å². The van der Waals surface area contributed by atoms with E-state index in [0.29, 0.717) is 25.6 Å². The molecule has 134 valence electrons. The number of aliphatic imine (C=N–C) groups is 1. The summed E-state index contributed by atoms with van der Waals surface area (Å²) in [6, 6.07) is 7.55. The van der Waals surface area contributed by atoms with Gasteiger partial charge in [0, 0.05) is 24.7 Å². The minimum absolute atomic E-state index is 0.0752. The molecule has 0 aromatic heterocycles. The van der Waals surface area contributed by atoms with Crippen molar-refractivity contribution in [3.05, 3.63) is 29.8 Å². The van der Waals surface area contributed by atoms with Crippen LogP contribution in [0.3, 0.4) is 0 Å². The first-order chi connectivity index (χ1) is 11.4. The highest BCUT2D eigenvalue weighted by Crippen LogP contribution is 2.19. The fourth-order valence-corrected chi connectivity index (χ4v) is 4.08. The van der Waals surface area contributed by atoms with Gasteiger partial charge in [0.2, 0.25) is 10.0 Å². The monoisotopic (exact) mass is 354 g/mol. The molecule has 0 spiro atoms. The van der Waals surface area contributed by atoms with Crippen molar-refractivity contribution >= 4 is 16.0 Å². The van der Waals surface area contributed by atoms with E-state index in [-0.39, 0.29) is 6.04 Å². The van der Waals surface area contributed by atoms with Crippen molar-refractivity contribution < 1.29 is 13.2 Å². The Balaban J connectivity index is 1.93. The number of sulfonamides is 1. The summed E-state index contributed by atoms with van der Waals surface area (Å²) >= 11 is 0. The summed E-state index contributed by atoms with van der Waals surface area (Å²) in [4.78, 5) is 4.31. The number of rotatable bonds is 6. The number of hydrogen-bond donors (Lipinski definition) is 2. The molecule has 0 radical (unpaired) electrons. The van der Waals surface area contributed by atoms with Gasteiger partial charge in [0.05, 0.1) is 19.9 Å². The SMILES string of the molecule is COc1ccccc1CN=C(N)NCC1CCCCN1S(C)(=O)=O. The lowest BCUT2D eigenvalue weighted by Gasteiger charge is -2.33. The zero-order valence-corrected chi connectivity index (χ0v) is 15.1. The third-order valence-corrected chi connectivity index (χ3v) is 5.46. The van der Waals surface area contributed by atoms with Crippen LogP contribution in [0.15, 0.2) is 29.3 Å². The summed E-state index contributed by atoms with van der Waals surface area (Å²) in [6.45, 7) is 1.45. The van der Waals surface area contributed by atoms with Crippen molar-refractivity contribution in [3.8, 4) is 5.75 Å². The van der Waals surface area contributed by atoms with Gasteiger partial charge in [-0.15, -0.1) is 0 Å². The van der Waals surface area contributed by atoms with Crippen LogP contribution in [0.1, 0.15) is 24.8 Å². The van der Waals surface area contributed by atoms with E-state index in [1.165, 1.54) is 6.26 Å². The molecule has 8 heteroatoms. The normalized spacial score (nSPS) is 19.9. The van der Waals surface area contributed by atoms with E-state index in [2.05, 4.69) is 10.3 Å². The molecule has 7 nitrogen and oxygen atoms in total. The highest BCUT2D eigenvalue weighted by atomic mass is 32.2. The first kappa shape index (κ1) is 18.5. The molecular weight excluding hydrogens is 328 g/mol. The molecule has 0 bridgehead atoms. The number of benzene rings is 1. The third kappa shape index (κ3) is 5.10. The average Bonchev–Trinajstić information content (AvgIpc) is 2.57. The second-order valence-electron chi connectivity index (χ2n) is 5.92. The second kappa shape index (κ2) is 8.34. The van der Waals surface area contributed by atoms with Crippen LogP contribution in [-0.4, -0.2) is 51.2 Å². The highest BCUT2D eigenvalue weighted by molar-refractivity contribution is 7.88. The number of ether oxygens (including phenoxy) is 1. The number of methoxy groups -OCH3 is 1. The van der Waals surface area contributed by atoms with Crippen molar-refractivity contribution in [3.63, 3.8) is 0 Å². The number of para-hydroxylation sites is 1. The lowest BCUT2D eigenvalue weighted by molar-refractivity contribution is 0.254. The molecule has 1 atom stereocenters. The maximum Gasteiger partial charge on any atom is 0.211 e. The van der Waals surface area contributed by atoms with E-state index in [1.807, 2.05) is 24.3 Å². The minimum Gasteiger partial charge on any atom is -0.496 e. The molecule has 0 amide bonds. The van der Waals surface area contributed by atoms with Gasteiger partial charge in [-0.3, -0.25) is 0 Å². The van der Waals surface area contributed by atoms with Crippen LogP contribution in [0.25, 0.3) is 0 Å². The zero-order valence-electron chi connectivity index (χ0n) is 14.2.